The van der Waals surface area contributed by atoms with Crippen LogP contribution in [0.5, 0.6) is 0 Å². The fourth-order valence-corrected chi connectivity index (χ4v) is 2.90. The largest absolute Gasteiger partial charge is 0.374 e. The van der Waals surface area contributed by atoms with Gasteiger partial charge in [-0.1, -0.05) is 27.3 Å². The van der Waals surface area contributed by atoms with Crippen molar-refractivity contribution >= 4 is 42.6 Å². The van der Waals surface area contributed by atoms with Gasteiger partial charge in [-0.3, -0.25) is 0 Å². The minimum absolute atomic E-state index is 0.173. The van der Waals surface area contributed by atoms with Crippen molar-refractivity contribution in [3.63, 3.8) is 0 Å². The average Bonchev–Trinajstić information content (AvgIpc) is 2.68. The van der Waals surface area contributed by atoms with Gasteiger partial charge in [0.2, 0.25) is 0 Å². The third-order valence-corrected chi connectivity index (χ3v) is 4.04. The molecule has 0 aliphatic heterocycles. The minimum Gasteiger partial charge on any atom is -0.374 e. The molecule has 0 unspecified atom stereocenters. The number of aromatic nitrogens is 1. The van der Waals surface area contributed by atoms with Gasteiger partial charge in [-0.15, -0.1) is 0 Å². The molecular weight excluding hydrogens is 312 g/mol. The van der Waals surface area contributed by atoms with Gasteiger partial charge < -0.3 is 10.1 Å². The first-order valence-electron chi connectivity index (χ1n) is 5.94. The maximum atomic E-state index is 5.65. The molecule has 0 saturated heterocycles. The fraction of sp³-hybridized carbons (Fsp3) is 0.462. The van der Waals surface area contributed by atoms with E-state index in [4.69, 9.17) is 4.74 Å². The highest BCUT2D eigenvalue weighted by Gasteiger charge is 2.17. The number of hydrogen-bond donors (Lipinski definition) is 1. The number of nitrogens with zero attached hydrogens (tertiary/aromatic N) is 1. The number of nitrogens with one attached hydrogen (secondary N) is 1. The maximum Gasteiger partial charge on any atom is 0.183 e. The molecule has 0 atom stereocenters. The Balaban J connectivity index is 2.08. The lowest BCUT2D eigenvalue weighted by molar-refractivity contribution is 0.000698. The number of thiazole rings is 1. The number of benzene rings is 1. The predicted octanol–water partition coefficient (Wildman–Crippen LogP) is 4.29. The molecule has 0 aliphatic carbocycles. The molecule has 1 heterocycles. The van der Waals surface area contributed by atoms with Crippen molar-refractivity contribution in [3.05, 3.63) is 22.7 Å². The third kappa shape index (κ3) is 3.43. The summed E-state index contributed by atoms with van der Waals surface area (Å²) in [5.41, 5.74) is 0.846. The minimum atomic E-state index is -0.173. The summed E-state index contributed by atoms with van der Waals surface area (Å²) in [6.07, 6.45) is 0. The van der Waals surface area contributed by atoms with Gasteiger partial charge in [-0.2, -0.15) is 0 Å². The van der Waals surface area contributed by atoms with Crippen LogP contribution in [0.3, 0.4) is 0 Å². The highest BCUT2D eigenvalue weighted by Crippen LogP contribution is 2.28. The first-order chi connectivity index (χ1) is 8.50. The van der Waals surface area contributed by atoms with Crippen molar-refractivity contribution in [2.75, 3.05) is 18.5 Å². The number of fused-ring (bicyclic) bond motifs is 1. The van der Waals surface area contributed by atoms with E-state index in [1.54, 1.807) is 11.3 Å². The van der Waals surface area contributed by atoms with Crippen LogP contribution in [-0.4, -0.2) is 23.7 Å². The van der Waals surface area contributed by atoms with Crippen LogP contribution in [-0.2, 0) is 4.74 Å². The molecule has 98 valence electrons. The lowest BCUT2D eigenvalue weighted by atomic mass is 10.1. The van der Waals surface area contributed by atoms with Crippen molar-refractivity contribution < 1.29 is 4.74 Å². The summed E-state index contributed by atoms with van der Waals surface area (Å²) < 4.78 is 7.90. The summed E-state index contributed by atoms with van der Waals surface area (Å²) in [5, 5.41) is 4.29. The van der Waals surface area contributed by atoms with E-state index in [0.717, 1.165) is 28.3 Å². The van der Waals surface area contributed by atoms with Crippen LogP contribution < -0.4 is 5.32 Å². The van der Waals surface area contributed by atoms with Gasteiger partial charge in [0, 0.05) is 17.6 Å². The molecular formula is C13H17BrN2OS. The Morgan fingerprint density at radius 3 is 2.94 bits per heavy atom. The van der Waals surface area contributed by atoms with Gasteiger partial charge in [0.1, 0.15) is 0 Å². The zero-order valence-corrected chi connectivity index (χ0v) is 13.2. The van der Waals surface area contributed by atoms with E-state index >= 15 is 0 Å². The number of rotatable bonds is 5. The van der Waals surface area contributed by atoms with E-state index < -0.39 is 0 Å². The lowest BCUT2D eigenvalue weighted by Crippen LogP contribution is -2.33. The second-order valence-corrected chi connectivity index (χ2v) is 6.62. The molecule has 5 heteroatoms. The number of halogens is 1. The van der Waals surface area contributed by atoms with Crippen LogP contribution in [0.1, 0.15) is 20.8 Å². The van der Waals surface area contributed by atoms with Gasteiger partial charge >= 0.3 is 0 Å². The topological polar surface area (TPSA) is 34.1 Å². The van der Waals surface area contributed by atoms with Crippen molar-refractivity contribution in [3.8, 4) is 0 Å². The Hall–Kier alpha value is -0.650. The maximum absolute atomic E-state index is 5.65. The number of hydrogen-bond acceptors (Lipinski definition) is 4. The molecule has 0 radical (unpaired) electrons. The number of anilines is 1. The Morgan fingerprint density at radius 1 is 1.44 bits per heavy atom. The van der Waals surface area contributed by atoms with E-state index in [-0.39, 0.29) is 5.60 Å². The smallest absolute Gasteiger partial charge is 0.183 e. The van der Waals surface area contributed by atoms with E-state index in [2.05, 4.69) is 46.1 Å². The van der Waals surface area contributed by atoms with Crippen LogP contribution in [0, 0.1) is 0 Å². The van der Waals surface area contributed by atoms with Gasteiger partial charge in [-0.05, 0) is 39.0 Å². The normalized spacial score (nSPS) is 12.0. The molecule has 0 fully saturated rings. The second kappa shape index (κ2) is 5.55. The Labute approximate surface area is 120 Å². The lowest BCUT2D eigenvalue weighted by Gasteiger charge is -2.24. The molecule has 2 aromatic rings. The molecule has 0 saturated carbocycles. The molecule has 2 rings (SSSR count). The molecule has 0 spiro atoms. The predicted molar refractivity (Wildman–Crippen MR) is 81.5 cm³/mol. The summed E-state index contributed by atoms with van der Waals surface area (Å²) >= 11 is 5.12. The van der Waals surface area contributed by atoms with Crippen molar-refractivity contribution in [1.82, 2.24) is 4.98 Å². The van der Waals surface area contributed by atoms with Gasteiger partial charge in [0.25, 0.3) is 0 Å². The Kier molecular flexibility index (Phi) is 4.25. The Bertz CT molecular complexity index is 539. The van der Waals surface area contributed by atoms with Crippen LogP contribution in [0.25, 0.3) is 10.2 Å². The quantitative estimate of drug-likeness (QED) is 0.889. The van der Waals surface area contributed by atoms with Gasteiger partial charge in [0.05, 0.1) is 15.8 Å². The highest BCUT2D eigenvalue weighted by atomic mass is 79.9. The van der Waals surface area contributed by atoms with E-state index in [1.165, 1.54) is 4.70 Å². The molecule has 18 heavy (non-hydrogen) atoms. The first kappa shape index (κ1) is 13.8. The molecule has 0 aliphatic rings. The molecule has 1 N–H and O–H groups in total. The van der Waals surface area contributed by atoms with E-state index in [9.17, 15) is 0 Å². The van der Waals surface area contributed by atoms with Gasteiger partial charge in [-0.25, -0.2) is 4.98 Å². The summed E-state index contributed by atoms with van der Waals surface area (Å²) in [6, 6.07) is 6.15. The molecule has 0 amide bonds. The van der Waals surface area contributed by atoms with Crippen molar-refractivity contribution in [2.45, 2.75) is 26.4 Å². The van der Waals surface area contributed by atoms with E-state index in [0.29, 0.717) is 0 Å². The van der Waals surface area contributed by atoms with Crippen LogP contribution in [0.15, 0.2) is 22.7 Å². The zero-order valence-electron chi connectivity index (χ0n) is 10.8. The highest BCUT2D eigenvalue weighted by molar-refractivity contribution is 9.10. The zero-order chi connectivity index (χ0) is 13.2. The summed E-state index contributed by atoms with van der Waals surface area (Å²) in [6.45, 7) is 7.64. The Morgan fingerprint density at radius 2 is 2.22 bits per heavy atom. The summed E-state index contributed by atoms with van der Waals surface area (Å²) in [4.78, 5) is 4.56. The van der Waals surface area contributed by atoms with Crippen LogP contribution >= 0.6 is 27.3 Å². The van der Waals surface area contributed by atoms with Crippen LogP contribution in [0.2, 0.25) is 0 Å². The summed E-state index contributed by atoms with van der Waals surface area (Å²) in [7, 11) is 0. The number of ether oxygens (including phenoxy) is 1. The average molecular weight is 329 g/mol. The van der Waals surface area contributed by atoms with E-state index in [1.807, 2.05) is 19.1 Å². The monoisotopic (exact) mass is 328 g/mol. The summed E-state index contributed by atoms with van der Waals surface area (Å²) in [5.74, 6) is 0. The van der Waals surface area contributed by atoms with Crippen molar-refractivity contribution in [2.24, 2.45) is 0 Å². The van der Waals surface area contributed by atoms with Crippen molar-refractivity contribution in [1.29, 1.82) is 0 Å². The van der Waals surface area contributed by atoms with Gasteiger partial charge in [0.15, 0.2) is 5.13 Å². The molecule has 0 bridgehead atoms. The fourth-order valence-electron chi connectivity index (χ4n) is 1.71. The second-order valence-electron chi connectivity index (χ2n) is 4.68. The molecule has 1 aromatic carbocycles. The third-order valence-electron chi connectivity index (χ3n) is 2.55. The molecule has 3 nitrogen and oxygen atoms in total. The standard InChI is InChI=1S/C13H17BrN2OS/c1-4-17-13(2,3)8-15-12-16-10-7-9(14)5-6-11(10)18-12/h5-7H,4,8H2,1-3H3,(H,15,16). The van der Waals surface area contributed by atoms with Crippen LogP contribution in [0.4, 0.5) is 5.13 Å². The first-order valence-corrected chi connectivity index (χ1v) is 7.55. The molecule has 1 aromatic heterocycles. The SMILES string of the molecule is CCOC(C)(C)CNc1nc2cc(Br)ccc2s1.